The van der Waals surface area contributed by atoms with Crippen molar-refractivity contribution in [2.45, 2.75) is 51.9 Å². The molecule has 2 aliphatic heterocycles. The highest BCUT2D eigenvalue weighted by Gasteiger charge is 2.27. The highest BCUT2D eigenvalue weighted by Crippen LogP contribution is 2.34. The summed E-state index contributed by atoms with van der Waals surface area (Å²) in [5, 5.41) is 29.1. The van der Waals surface area contributed by atoms with E-state index in [0.29, 0.717) is 37.0 Å². The maximum atomic E-state index is 9.73. The lowest BCUT2D eigenvalue weighted by Gasteiger charge is -2.33. The SMILES string of the molecule is CCCN(CCO)c1nc(N2CCCCC2)c2nc(N(CCO)CCO)nc(N3CCCCC3)c2n1. The van der Waals surface area contributed by atoms with Crippen molar-refractivity contribution < 1.29 is 15.3 Å². The van der Waals surface area contributed by atoms with Crippen LogP contribution >= 0.6 is 0 Å². The first-order valence-corrected chi connectivity index (χ1v) is 13.6. The molecular formula is C25H42N8O3. The fraction of sp³-hybridized carbons (Fsp3) is 0.760. The van der Waals surface area contributed by atoms with E-state index < -0.39 is 0 Å². The van der Waals surface area contributed by atoms with E-state index in [4.69, 9.17) is 19.9 Å². The van der Waals surface area contributed by atoms with Gasteiger partial charge >= 0.3 is 0 Å². The molecule has 0 radical (unpaired) electrons. The summed E-state index contributed by atoms with van der Waals surface area (Å²) in [6, 6.07) is 0. The monoisotopic (exact) mass is 502 g/mol. The summed E-state index contributed by atoms with van der Waals surface area (Å²) >= 11 is 0. The van der Waals surface area contributed by atoms with Crippen molar-refractivity contribution in [2.75, 3.05) is 91.8 Å². The second-order valence-corrected chi connectivity index (χ2v) is 9.63. The topological polar surface area (TPSA) is 125 Å². The van der Waals surface area contributed by atoms with Gasteiger partial charge in [-0.25, -0.2) is 9.97 Å². The molecule has 0 saturated carbocycles. The molecule has 11 nitrogen and oxygen atoms in total. The van der Waals surface area contributed by atoms with Gasteiger partial charge in [-0.1, -0.05) is 6.92 Å². The molecule has 0 atom stereocenters. The van der Waals surface area contributed by atoms with Gasteiger partial charge < -0.3 is 34.9 Å². The average Bonchev–Trinajstić information content (AvgIpc) is 2.92. The number of piperidine rings is 2. The normalized spacial score (nSPS) is 16.6. The molecule has 11 heteroatoms. The minimum atomic E-state index is -0.0536. The van der Waals surface area contributed by atoms with Crippen LogP contribution < -0.4 is 19.6 Å². The molecule has 4 heterocycles. The Morgan fingerprint density at radius 1 is 0.583 bits per heavy atom. The standard InChI is InChI=1S/C25H42N8O3/c1-2-9-32(14-17-34)24-26-20-21(22(28-24)30-10-5-3-6-11-30)27-25(33(15-18-35)16-19-36)29-23(20)31-12-7-4-8-13-31/h34-36H,2-19H2,1H3. The molecular weight excluding hydrogens is 460 g/mol. The number of rotatable bonds is 12. The number of anilines is 4. The summed E-state index contributed by atoms with van der Waals surface area (Å²) in [6.07, 6.45) is 7.74. The molecule has 2 aliphatic rings. The van der Waals surface area contributed by atoms with Crippen molar-refractivity contribution in [3.63, 3.8) is 0 Å². The Morgan fingerprint density at radius 2 is 0.972 bits per heavy atom. The molecule has 2 saturated heterocycles. The molecule has 4 rings (SSSR count). The van der Waals surface area contributed by atoms with Crippen LogP contribution in [0.3, 0.4) is 0 Å². The van der Waals surface area contributed by atoms with Crippen LogP contribution in [0.2, 0.25) is 0 Å². The fourth-order valence-electron chi connectivity index (χ4n) is 5.15. The van der Waals surface area contributed by atoms with Crippen LogP contribution in [-0.2, 0) is 0 Å². The Bertz CT molecular complexity index is 877. The van der Waals surface area contributed by atoms with Gasteiger partial charge in [0.2, 0.25) is 11.9 Å². The van der Waals surface area contributed by atoms with Gasteiger partial charge in [0.1, 0.15) is 11.0 Å². The van der Waals surface area contributed by atoms with Crippen molar-refractivity contribution in [3.8, 4) is 0 Å². The van der Waals surface area contributed by atoms with Crippen LogP contribution in [-0.4, -0.2) is 107 Å². The third-order valence-corrected chi connectivity index (χ3v) is 6.96. The van der Waals surface area contributed by atoms with Gasteiger partial charge in [-0.15, -0.1) is 0 Å². The summed E-state index contributed by atoms with van der Waals surface area (Å²) in [5.74, 6) is 2.69. The summed E-state index contributed by atoms with van der Waals surface area (Å²) in [4.78, 5) is 28.5. The zero-order valence-electron chi connectivity index (χ0n) is 21.6. The molecule has 0 unspecified atom stereocenters. The second kappa shape index (κ2) is 13.2. The van der Waals surface area contributed by atoms with Crippen molar-refractivity contribution in [1.82, 2.24) is 19.9 Å². The molecule has 3 N–H and O–H groups in total. The van der Waals surface area contributed by atoms with E-state index in [1.165, 1.54) is 12.8 Å². The number of hydrogen-bond acceptors (Lipinski definition) is 11. The van der Waals surface area contributed by atoms with E-state index >= 15 is 0 Å². The van der Waals surface area contributed by atoms with Gasteiger partial charge in [0, 0.05) is 52.4 Å². The van der Waals surface area contributed by atoms with E-state index in [2.05, 4.69) is 16.7 Å². The second-order valence-electron chi connectivity index (χ2n) is 9.63. The van der Waals surface area contributed by atoms with E-state index in [1.54, 1.807) is 0 Å². The van der Waals surface area contributed by atoms with Gasteiger partial charge in [0.05, 0.1) is 19.8 Å². The minimum absolute atomic E-state index is 0.0339. The zero-order chi connectivity index (χ0) is 25.3. The first kappa shape index (κ1) is 26.6. The molecule has 0 amide bonds. The minimum Gasteiger partial charge on any atom is -0.395 e. The largest absolute Gasteiger partial charge is 0.395 e. The fourth-order valence-corrected chi connectivity index (χ4v) is 5.15. The maximum absolute atomic E-state index is 9.73. The molecule has 200 valence electrons. The molecule has 2 aromatic rings. The Balaban J connectivity index is 1.94. The lowest BCUT2D eigenvalue weighted by atomic mass is 10.1. The first-order valence-electron chi connectivity index (χ1n) is 13.6. The lowest BCUT2D eigenvalue weighted by Crippen LogP contribution is -2.36. The number of aliphatic hydroxyl groups is 3. The van der Waals surface area contributed by atoms with Crippen molar-refractivity contribution in [1.29, 1.82) is 0 Å². The quantitative estimate of drug-likeness (QED) is 0.390. The molecule has 2 fully saturated rings. The molecule has 0 spiro atoms. The van der Waals surface area contributed by atoms with Crippen LogP contribution in [0.5, 0.6) is 0 Å². The molecule has 0 aromatic carbocycles. The molecule has 0 aliphatic carbocycles. The van der Waals surface area contributed by atoms with Gasteiger partial charge in [-0.05, 0) is 44.9 Å². The third kappa shape index (κ3) is 6.07. The number of aromatic nitrogens is 4. The number of nitrogens with zero attached hydrogens (tertiary/aromatic N) is 8. The van der Waals surface area contributed by atoms with E-state index in [-0.39, 0.29) is 19.8 Å². The third-order valence-electron chi connectivity index (χ3n) is 6.96. The van der Waals surface area contributed by atoms with Gasteiger partial charge in [-0.3, -0.25) is 0 Å². The van der Waals surface area contributed by atoms with Crippen LogP contribution in [0.25, 0.3) is 11.0 Å². The highest BCUT2D eigenvalue weighted by molar-refractivity contribution is 5.95. The van der Waals surface area contributed by atoms with Crippen molar-refractivity contribution in [3.05, 3.63) is 0 Å². The molecule has 36 heavy (non-hydrogen) atoms. The summed E-state index contributed by atoms with van der Waals surface area (Å²) in [7, 11) is 0. The van der Waals surface area contributed by atoms with Crippen LogP contribution in [0.15, 0.2) is 0 Å². The average molecular weight is 503 g/mol. The van der Waals surface area contributed by atoms with Crippen LogP contribution in [0.1, 0.15) is 51.9 Å². The first-order chi connectivity index (χ1) is 17.7. The van der Waals surface area contributed by atoms with Crippen molar-refractivity contribution in [2.24, 2.45) is 0 Å². The van der Waals surface area contributed by atoms with Crippen molar-refractivity contribution >= 4 is 34.6 Å². The lowest BCUT2D eigenvalue weighted by molar-refractivity contribution is 0.280. The van der Waals surface area contributed by atoms with Gasteiger partial charge in [0.25, 0.3) is 0 Å². The molecule has 0 bridgehead atoms. The number of aliphatic hydroxyl groups excluding tert-OH is 3. The number of hydrogen-bond donors (Lipinski definition) is 3. The predicted octanol–water partition coefficient (Wildman–Crippen LogP) is 1.40. The predicted molar refractivity (Wildman–Crippen MR) is 143 cm³/mol. The Kier molecular flexibility index (Phi) is 9.71. The molecule has 2 aromatic heterocycles. The Labute approximate surface area is 213 Å². The van der Waals surface area contributed by atoms with E-state index in [0.717, 1.165) is 82.0 Å². The summed E-state index contributed by atoms with van der Waals surface area (Å²) < 4.78 is 0. The summed E-state index contributed by atoms with van der Waals surface area (Å²) in [6.45, 7) is 7.57. The Morgan fingerprint density at radius 3 is 1.33 bits per heavy atom. The zero-order valence-corrected chi connectivity index (χ0v) is 21.6. The van der Waals surface area contributed by atoms with E-state index in [9.17, 15) is 15.3 Å². The highest BCUT2D eigenvalue weighted by atomic mass is 16.3. The van der Waals surface area contributed by atoms with Crippen LogP contribution in [0, 0.1) is 0 Å². The van der Waals surface area contributed by atoms with Crippen LogP contribution in [0.4, 0.5) is 23.5 Å². The maximum Gasteiger partial charge on any atom is 0.228 e. The van der Waals surface area contributed by atoms with Gasteiger partial charge in [-0.2, -0.15) is 9.97 Å². The van der Waals surface area contributed by atoms with E-state index in [1.807, 2.05) is 9.80 Å². The number of fused-ring (bicyclic) bond motifs is 1. The van der Waals surface area contributed by atoms with Gasteiger partial charge in [0.15, 0.2) is 11.6 Å². The Hall–Kier alpha value is -2.50. The summed E-state index contributed by atoms with van der Waals surface area (Å²) in [5.41, 5.74) is 1.45. The smallest absolute Gasteiger partial charge is 0.228 e.